The number of nitrogens with zero attached hydrogens (tertiary/aromatic N) is 4. The van der Waals surface area contributed by atoms with Gasteiger partial charge < -0.3 is 29.2 Å². The lowest BCUT2D eigenvalue weighted by atomic mass is 10.2. The van der Waals surface area contributed by atoms with E-state index in [4.69, 9.17) is 9.72 Å². The predicted molar refractivity (Wildman–Crippen MR) is 135 cm³/mol. The molecule has 1 aliphatic heterocycles. The van der Waals surface area contributed by atoms with Crippen molar-refractivity contribution in [2.45, 2.75) is 0 Å². The van der Waals surface area contributed by atoms with Gasteiger partial charge in [-0.2, -0.15) is 0 Å². The number of carbonyl (C=O) groups is 2. The number of halogens is 1. The third-order valence-electron chi connectivity index (χ3n) is 6.07. The van der Waals surface area contributed by atoms with Crippen LogP contribution < -0.4 is 5.32 Å². The quantitative estimate of drug-likeness (QED) is 0.451. The summed E-state index contributed by atoms with van der Waals surface area (Å²) in [4.78, 5) is 31.9. The summed E-state index contributed by atoms with van der Waals surface area (Å²) in [6, 6.07) is 14.5. The van der Waals surface area contributed by atoms with Gasteiger partial charge in [0, 0.05) is 44.6 Å². The van der Waals surface area contributed by atoms with E-state index < -0.39 is 0 Å². The molecule has 0 radical (unpaired) electrons. The van der Waals surface area contributed by atoms with E-state index in [-0.39, 0.29) is 35.5 Å². The Morgan fingerprint density at radius 3 is 2.49 bits per heavy atom. The molecule has 1 aliphatic rings. The molecule has 3 heterocycles. The van der Waals surface area contributed by atoms with Crippen LogP contribution in [-0.4, -0.2) is 62.2 Å². The molecule has 5 rings (SSSR count). The number of benzene rings is 2. The fourth-order valence-corrected chi connectivity index (χ4v) is 4.25. The number of amides is 2. The fraction of sp³-hybridized carbons (Fsp3) is 0.240. The smallest absolute Gasteiger partial charge is 0.259 e. The number of carbonyl (C=O) groups excluding carboxylic acids is 2. The molecule has 10 heteroatoms. The minimum atomic E-state index is -0.229. The van der Waals surface area contributed by atoms with Crippen LogP contribution in [0.3, 0.4) is 0 Å². The molecule has 1 saturated heterocycles. The molecule has 4 aromatic rings. The number of hydrogen-bond donors (Lipinski definition) is 2. The molecular weight excluding hydrogens is 470 g/mol. The van der Waals surface area contributed by atoms with Gasteiger partial charge >= 0.3 is 0 Å². The predicted octanol–water partition coefficient (Wildman–Crippen LogP) is 3.43. The van der Waals surface area contributed by atoms with Crippen molar-refractivity contribution in [2.24, 2.45) is 14.1 Å². The Balaban J connectivity index is 0.00000289. The molecule has 0 bridgehead atoms. The number of imidazole rings is 1. The van der Waals surface area contributed by atoms with Gasteiger partial charge in [0.05, 0.1) is 29.8 Å². The Bertz CT molecular complexity index is 1390. The van der Waals surface area contributed by atoms with Crippen LogP contribution in [-0.2, 0) is 18.8 Å². The number of rotatable bonds is 4. The van der Waals surface area contributed by atoms with E-state index in [1.165, 1.54) is 0 Å². The van der Waals surface area contributed by atoms with Gasteiger partial charge in [-0.3, -0.25) is 9.59 Å². The third-order valence-corrected chi connectivity index (χ3v) is 6.07. The maximum absolute atomic E-state index is 13.0. The molecule has 2 aromatic carbocycles. The van der Waals surface area contributed by atoms with Crippen molar-refractivity contribution in [2.75, 3.05) is 31.6 Å². The second kappa shape index (κ2) is 9.81. The van der Waals surface area contributed by atoms with Crippen LogP contribution in [0.5, 0.6) is 5.75 Å². The van der Waals surface area contributed by atoms with E-state index in [9.17, 15) is 14.7 Å². The lowest BCUT2D eigenvalue weighted by molar-refractivity contribution is 0.0301. The second-order valence-electron chi connectivity index (χ2n) is 8.27. The van der Waals surface area contributed by atoms with E-state index in [1.807, 2.05) is 41.9 Å². The Hall–Kier alpha value is -3.82. The number of aryl methyl sites for hydroxylation is 2. The van der Waals surface area contributed by atoms with Crippen molar-refractivity contribution >= 4 is 40.9 Å². The summed E-state index contributed by atoms with van der Waals surface area (Å²) >= 11 is 0. The van der Waals surface area contributed by atoms with Gasteiger partial charge in [0.1, 0.15) is 5.69 Å². The molecule has 2 aromatic heterocycles. The summed E-state index contributed by atoms with van der Waals surface area (Å²) in [6.07, 6.45) is 1.63. The summed E-state index contributed by atoms with van der Waals surface area (Å²) in [5.41, 5.74) is 3.35. The zero-order chi connectivity index (χ0) is 23.8. The van der Waals surface area contributed by atoms with Crippen molar-refractivity contribution < 1.29 is 19.4 Å². The highest BCUT2D eigenvalue weighted by Gasteiger charge is 2.27. The lowest BCUT2D eigenvalue weighted by Crippen LogP contribution is -2.40. The van der Waals surface area contributed by atoms with E-state index in [1.54, 1.807) is 40.9 Å². The standard InChI is InChI=1S/C25H25N5O4.ClH/c1-28-15-18(25(33)30-10-12-34-13-11-30)22(31)21(28)23-27-19-14-17(8-9-20(19)29(23)2)26-24(32)16-6-4-3-5-7-16;/h3-9,14-15,31H,10-13H2,1-2H3,(H,26,32);1H. The molecule has 2 N–H and O–H groups in total. The Kier molecular flexibility index (Phi) is 6.81. The van der Waals surface area contributed by atoms with Gasteiger partial charge in [-0.1, -0.05) is 18.2 Å². The van der Waals surface area contributed by atoms with E-state index >= 15 is 0 Å². The SMILES string of the molecule is Cl.Cn1cc(C(=O)N2CCOCC2)c(O)c1-c1nc2cc(NC(=O)c3ccccc3)ccc2n1C. The maximum atomic E-state index is 13.0. The van der Waals surface area contributed by atoms with Crippen LogP contribution >= 0.6 is 12.4 Å². The van der Waals surface area contributed by atoms with E-state index in [0.717, 1.165) is 5.52 Å². The van der Waals surface area contributed by atoms with Crippen molar-refractivity contribution in [3.63, 3.8) is 0 Å². The van der Waals surface area contributed by atoms with E-state index in [2.05, 4.69) is 5.32 Å². The molecule has 182 valence electrons. The molecule has 1 fully saturated rings. The highest BCUT2D eigenvalue weighted by Crippen LogP contribution is 2.35. The van der Waals surface area contributed by atoms with Gasteiger partial charge in [0.15, 0.2) is 11.6 Å². The minimum absolute atomic E-state index is 0. The first-order valence-electron chi connectivity index (χ1n) is 11.0. The number of fused-ring (bicyclic) bond motifs is 1. The van der Waals surface area contributed by atoms with Gasteiger partial charge in [-0.15, -0.1) is 12.4 Å². The van der Waals surface area contributed by atoms with Gasteiger partial charge in [0.25, 0.3) is 11.8 Å². The average molecular weight is 496 g/mol. The summed E-state index contributed by atoms with van der Waals surface area (Å²) in [7, 11) is 3.62. The summed E-state index contributed by atoms with van der Waals surface area (Å²) in [5, 5.41) is 13.9. The number of hydrogen-bond acceptors (Lipinski definition) is 5. The Morgan fingerprint density at radius 1 is 1.06 bits per heavy atom. The lowest BCUT2D eigenvalue weighted by Gasteiger charge is -2.26. The summed E-state index contributed by atoms with van der Waals surface area (Å²) < 4.78 is 8.89. The first kappa shape index (κ1) is 24.3. The minimum Gasteiger partial charge on any atom is -0.505 e. The number of morpholine rings is 1. The number of nitrogens with one attached hydrogen (secondary N) is 1. The Labute approximate surface area is 208 Å². The normalized spacial score (nSPS) is 13.5. The Morgan fingerprint density at radius 2 is 1.77 bits per heavy atom. The van der Waals surface area contributed by atoms with Crippen LogP contribution in [0.1, 0.15) is 20.7 Å². The van der Waals surface area contributed by atoms with Crippen LogP contribution in [0.4, 0.5) is 5.69 Å². The second-order valence-corrected chi connectivity index (χ2v) is 8.27. The molecule has 0 saturated carbocycles. The number of anilines is 1. The van der Waals surface area contributed by atoms with Gasteiger partial charge in [-0.05, 0) is 30.3 Å². The summed E-state index contributed by atoms with van der Waals surface area (Å²) in [6.45, 7) is 1.96. The van der Waals surface area contributed by atoms with Gasteiger partial charge in [-0.25, -0.2) is 4.98 Å². The van der Waals surface area contributed by atoms with Crippen molar-refractivity contribution in [3.8, 4) is 17.3 Å². The number of ether oxygens (including phenoxy) is 1. The van der Waals surface area contributed by atoms with Crippen LogP contribution in [0.15, 0.2) is 54.7 Å². The molecule has 0 aliphatic carbocycles. The van der Waals surface area contributed by atoms with Crippen LogP contribution in [0.25, 0.3) is 22.6 Å². The highest BCUT2D eigenvalue weighted by molar-refractivity contribution is 6.05. The van der Waals surface area contributed by atoms with E-state index in [0.29, 0.717) is 54.6 Å². The summed E-state index contributed by atoms with van der Waals surface area (Å²) in [5.74, 6) is -0.0210. The maximum Gasteiger partial charge on any atom is 0.259 e. The molecule has 0 unspecified atom stereocenters. The fourth-order valence-electron chi connectivity index (χ4n) is 4.25. The van der Waals surface area contributed by atoms with Crippen molar-refractivity contribution in [1.29, 1.82) is 0 Å². The molecule has 9 nitrogen and oxygen atoms in total. The molecule has 0 atom stereocenters. The zero-order valence-electron chi connectivity index (χ0n) is 19.4. The topological polar surface area (TPSA) is 102 Å². The first-order chi connectivity index (χ1) is 16.4. The monoisotopic (exact) mass is 495 g/mol. The third kappa shape index (κ3) is 4.48. The first-order valence-corrected chi connectivity index (χ1v) is 11.0. The molecule has 0 spiro atoms. The van der Waals surface area contributed by atoms with Crippen LogP contribution in [0.2, 0.25) is 0 Å². The average Bonchev–Trinajstić information content (AvgIpc) is 3.34. The molecule has 35 heavy (non-hydrogen) atoms. The van der Waals surface area contributed by atoms with Crippen molar-refractivity contribution in [3.05, 3.63) is 65.9 Å². The number of aromatic hydroxyl groups is 1. The molecular formula is C25H26ClN5O4. The number of aromatic nitrogens is 3. The van der Waals surface area contributed by atoms with Gasteiger partial charge in [0.2, 0.25) is 0 Å². The van der Waals surface area contributed by atoms with Crippen molar-refractivity contribution in [1.82, 2.24) is 19.0 Å². The van der Waals surface area contributed by atoms with Crippen LogP contribution in [0, 0.1) is 0 Å². The largest absolute Gasteiger partial charge is 0.505 e. The zero-order valence-corrected chi connectivity index (χ0v) is 20.2. The highest BCUT2D eigenvalue weighted by atomic mass is 35.5. The molecule has 2 amide bonds.